The molecule has 0 aliphatic carbocycles. The van der Waals surface area contributed by atoms with Crippen molar-refractivity contribution >= 4 is 55.9 Å². The summed E-state index contributed by atoms with van der Waals surface area (Å²) in [6, 6.07) is 55.0. The maximum Gasteiger partial charge on any atom is 0.137 e. The molecule has 6 heteroatoms. The lowest BCUT2D eigenvalue weighted by molar-refractivity contribution is 1.17. The zero-order chi connectivity index (χ0) is 34.7. The molecular weight excluding hydrogens is 637 g/mol. The number of benzene rings is 5. The number of pyridine rings is 4. The predicted molar refractivity (Wildman–Crippen MR) is 213 cm³/mol. The summed E-state index contributed by atoms with van der Waals surface area (Å²) < 4.78 is 0. The van der Waals surface area contributed by atoms with Crippen LogP contribution in [0.3, 0.4) is 0 Å². The minimum atomic E-state index is 0.828. The van der Waals surface area contributed by atoms with Crippen molar-refractivity contribution in [1.82, 2.24) is 19.9 Å². The number of nitrogens with zero attached hydrogens (tertiary/aromatic N) is 6. The van der Waals surface area contributed by atoms with Crippen LogP contribution < -0.4 is 9.80 Å². The molecule has 52 heavy (non-hydrogen) atoms. The molecule has 9 rings (SSSR count). The van der Waals surface area contributed by atoms with Crippen LogP contribution in [0.4, 0.5) is 34.4 Å². The van der Waals surface area contributed by atoms with E-state index in [-0.39, 0.29) is 0 Å². The van der Waals surface area contributed by atoms with Crippen LogP contribution in [0.15, 0.2) is 195 Å². The van der Waals surface area contributed by atoms with Gasteiger partial charge in [0.05, 0.1) is 11.4 Å². The van der Waals surface area contributed by atoms with Crippen molar-refractivity contribution in [2.45, 2.75) is 0 Å². The van der Waals surface area contributed by atoms with Gasteiger partial charge in [0.25, 0.3) is 0 Å². The molecule has 9 aromatic rings. The summed E-state index contributed by atoms with van der Waals surface area (Å²) in [5.74, 6) is 1.66. The van der Waals surface area contributed by atoms with Gasteiger partial charge in [0.1, 0.15) is 11.6 Å². The van der Waals surface area contributed by atoms with Crippen LogP contribution >= 0.6 is 0 Å². The van der Waals surface area contributed by atoms with E-state index in [0.29, 0.717) is 0 Å². The highest BCUT2D eigenvalue weighted by Crippen LogP contribution is 2.47. The number of hydrogen-bond donors (Lipinski definition) is 0. The largest absolute Gasteiger partial charge is 0.295 e. The molecule has 5 aromatic carbocycles. The standard InChI is InChI=1S/C46H32N6/c1-3-11-33(12-4-1)45-39-19-17-38(52(36-23-29-48-30-24-36)44-16-8-10-26-50-44)32-42(39)46(34-13-5-2-6-14-34)40-20-18-37(31-41(40)45)51(35-21-27-47-28-22-35)43-15-7-9-25-49-43/h1-32H. The molecule has 0 saturated heterocycles. The fourth-order valence-corrected chi connectivity index (χ4v) is 7.10. The van der Waals surface area contributed by atoms with Crippen molar-refractivity contribution in [1.29, 1.82) is 0 Å². The molecule has 0 unspecified atom stereocenters. The first kappa shape index (κ1) is 30.8. The van der Waals surface area contributed by atoms with Gasteiger partial charge in [-0.05, 0) is 117 Å². The van der Waals surface area contributed by atoms with E-state index >= 15 is 0 Å². The van der Waals surface area contributed by atoms with Crippen LogP contribution in [0, 0.1) is 0 Å². The Kier molecular flexibility index (Phi) is 8.08. The average molecular weight is 669 g/mol. The maximum absolute atomic E-state index is 4.78. The lowest BCUT2D eigenvalue weighted by Crippen LogP contribution is -2.12. The van der Waals surface area contributed by atoms with Gasteiger partial charge in [-0.2, -0.15) is 0 Å². The van der Waals surface area contributed by atoms with E-state index in [1.54, 1.807) is 0 Å². The molecule has 4 heterocycles. The van der Waals surface area contributed by atoms with Gasteiger partial charge in [0, 0.05) is 48.6 Å². The van der Waals surface area contributed by atoms with Gasteiger partial charge in [-0.15, -0.1) is 0 Å². The first-order valence-corrected chi connectivity index (χ1v) is 17.2. The summed E-state index contributed by atoms with van der Waals surface area (Å²) in [7, 11) is 0. The van der Waals surface area contributed by atoms with Crippen LogP contribution in [0.25, 0.3) is 43.8 Å². The van der Waals surface area contributed by atoms with Gasteiger partial charge in [-0.3, -0.25) is 19.8 Å². The fraction of sp³-hybridized carbons (Fsp3) is 0. The molecule has 4 aromatic heterocycles. The number of rotatable bonds is 8. The van der Waals surface area contributed by atoms with Crippen LogP contribution in [0.5, 0.6) is 0 Å². The topological polar surface area (TPSA) is 58.0 Å². The van der Waals surface area contributed by atoms with E-state index in [4.69, 9.17) is 9.97 Å². The van der Waals surface area contributed by atoms with Gasteiger partial charge in [0.2, 0.25) is 0 Å². The number of hydrogen-bond acceptors (Lipinski definition) is 6. The van der Waals surface area contributed by atoms with Crippen molar-refractivity contribution in [2.24, 2.45) is 0 Å². The Labute approximate surface area is 302 Å². The zero-order valence-electron chi connectivity index (χ0n) is 28.2. The molecule has 0 bridgehead atoms. The molecular formula is C46H32N6. The fourth-order valence-electron chi connectivity index (χ4n) is 7.10. The average Bonchev–Trinajstić information content (AvgIpc) is 3.22. The molecule has 6 nitrogen and oxygen atoms in total. The van der Waals surface area contributed by atoms with Gasteiger partial charge >= 0.3 is 0 Å². The Morgan fingerprint density at radius 2 is 0.712 bits per heavy atom. The second-order valence-corrected chi connectivity index (χ2v) is 12.4. The first-order chi connectivity index (χ1) is 25.8. The van der Waals surface area contributed by atoms with Gasteiger partial charge < -0.3 is 0 Å². The molecule has 0 spiro atoms. The van der Waals surface area contributed by atoms with Crippen molar-refractivity contribution in [3.05, 3.63) is 195 Å². The molecule has 0 N–H and O–H groups in total. The van der Waals surface area contributed by atoms with E-state index in [9.17, 15) is 0 Å². The second kappa shape index (κ2) is 13.6. The molecule has 0 aliphatic heterocycles. The molecule has 0 radical (unpaired) electrons. The van der Waals surface area contributed by atoms with E-state index in [1.807, 2.05) is 97.8 Å². The van der Waals surface area contributed by atoms with Crippen LogP contribution in [0.2, 0.25) is 0 Å². The van der Waals surface area contributed by atoms with Gasteiger partial charge in [-0.25, -0.2) is 9.97 Å². The molecule has 0 atom stereocenters. The number of anilines is 6. The highest BCUT2D eigenvalue weighted by atomic mass is 15.2. The Hall–Kier alpha value is -7.18. The van der Waals surface area contributed by atoms with E-state index in [0.717, 1.165) is 67.1 Å². The third-order valence-corrected chi connectivity index (χ3v) is 9.32. The van der Waals surface area contributed by atoms with E-state index < -0.39 is 0 Å². The van der Waals surface area contributed by atoms with Gasteiger partial charge in [-0.1, -0.05) is 84.9 Å². The van der Waals surface area contributed by atoms with Gasteiger partial charge in [0.15, 0.2) is 0 Å². The Bertz CT molecular complexity index is 2340. The summed E-state index contributed by atoms with van der Waals surface area (Å²) in [5.41, 5.74) is 8.59. The molecule has 0 aliphatic rings. The van der Waals surface area contributed by atoms with Crippen molar-refractivity contribution in [3.63, 3.8) is 0 Å². The lowest BCUT2D eigenvalue weighted by Gasteiger charge is -2.27. The summed E-state index contributed by atoms with van der Waals surface area (Å²) in [5, 5.41) is 4.60. The molecule has 0 fully saturated rings. The molecule has 246 valence electrons. The highest BCUT2D eigenvalue weighted by Gasteiger charge is 2.22. The summed E-state index contributed by atoms with van der Waals surface area (Å²) in [6.45, 7) is 0. The normalized spacial score (nSPS) is 11.1. The van der Waals surface area contributed by atoms with Crippen molar-refractivity contribution in [2.75, 3.05) is 9.80 Å². The molecule has 0 amide bonds. The third-order valence-electron chi connectivity index (χ3n) is 9.32. The Morgan fingerprint density at radius 3 is 1.10 bits per heavy atom. The first-order valence-electron chi connectivity index (χ1n) is 17.2. The van der Waals surface area contributed by atoms with Crippen molar-refractivity contribution < 1.29 is 0 Å². The van der Waals surface area contributed by atoms with Crippen LogP contribution in [0.1, 0.15) is 0 Å². The summed E-state index contributed by atoms with van der Waals surface area (Å²) in [4.78, 5) is 22.5. The van der Waals surface area contributed by atoms with Crippen LogP contribution in [-0.4, -0.2) is 19.9 Å². The predicted octanol–water partition coefficient (Wildman–Crippen LogP) is 11.8. The minimum absolute atomic E-state index is 0.828. The van der Waals surface area contributed by atoms with Crippen LogP contribution in [-0.2, 0) is 0 Å². The Balaban J connectivity index is 1.37. The number of fused-ring (bicyclic) bond motifs is 2. The quantitative estimate of drug-likeness (QED) is 0.150. The maximum atomic E-state index is 4.78. The third kappa shape index (κ3) is 5.68. The Morgan fingerprint density at radius 1 is 0.308 bits per heavy atom. The van der Waals surface area contributed by atoms with E-state index in [1.165, 1.54) is 11.1 Å². The second-order valence-electron chi connectivity index (χ2n) is 12.4. The lowest BCUT2D eigenvalue weighted by atomic mass is 9.85. The monoisotopic (exact) mass is 668 g/mol. The minimum Gasteiger partial charge on any atom is -0.295 e. The van der Waals surface area contributed by atoms with Crippen molar-refractivity contribution in [3.8, 4) is 22.3 Å². The SMILES string of the molecule is c1ccc(-c2c3ccc(N(c4ccncc4)c4ccccn4)cc3c(-c3ccccc3)c3ccc(N(c4ccncc4)c4ccccn4)cc23)cc1. The smallest absolute Gasteiger partial charge is 0.137 e. The zero-order valence-corrected chi connectivity index (χ0v) is 28.2. The summed E-state index contributed by atoms with van der Waals surface area (Å²) in [6.07, 6.45) is 10.9. The summed E-state index contributed by atoms with van der Waals surface area (Å²) >= 11 is 0. The number of aromatic nitrogens is 4. The molecule has 0 saturated carbocycles. The van der Waals surface area contributed by atoms with E-state index in [2.05, 4.69) is 117 Å². The highest BCUT2D eigenvalue weighted by molar-refractivity contribution is 6.22.